The Morgan fingerprint density at radius 2 is 2.10 bits per heavy atom. The van der Waals surface area contributed by atoms with Gasteiger partial charge in [0.15, 0.2) is 0 Å². The Balaban J connectivity index is 2.82. The molecule has 1 heterocycles. The molecule has 1 rings (SSSR count). The third kappa shape index (κ3) is 5.08. The van der Waals surface area contributed by atoms with E-state index in [2.05, 4.69) is 53.0 Å². The van der Waals surface area contributed by atoms with Crippen LogP contribution in [0.3, 0.4) is 0 Å². The van der Waals surface area contributed by atoms with Crippen molar-refractivity contribution >= 4 is 27.7 Å². The standard InChI is InChI=1S/C15H28BrN3S/c1-5-9-17-12(8-10-20-4)11-14-15(16)13(6-2)18-19(14)7-3/h12,17H,5-11H2,1-4H3. The Labute approximate surface area is 136 Å². The minimum Gasteiger partial charge on any atom is -0.314 e. The highest BCUT2D eigenvalue weighted by molar-refractivity contribution is 9.10. The van der Waals surface area contributed by atoms with Crippen molar-refractivity contribution in [3.63, 3.8) is 0 Å². The van der Waals surface area contributed by atoms with Crippen LogP contribution in [-0.2, 0) is 19.4 Å². The zero-order chi connectivity index (χ0) is 15.0. The lowest BCUT2D eigenvalue weighted by Gasteiger charge is -2.19. The molecule has 0 radical (unpaired) electrons. The quantitative estimate of drug-likeness (QED) is 0.685. The van der Waals surface area contributed by atoms with Gasteiger partial charge in [0.05, 0.1) is 15.9 Å². The van der Waals surface area contributed by atoms with Gasteiger partial charge in [0, 0.05) is 19.0 Å². The van der Waals surface area contributed by atoms with E-state index in [1.54, 1.807) is 0 Å². The molecule has 116 valence electrons. The topological polar surface area (TPSA) is 29.9 Å². The van der Waals surface area contributed by atoms with E-state index >= 15 is 0 Å². The molecule has 1 aromatic rings. The summed E-state index contributed by atoms with van der Waals surface area (Å²) in [4.78, 5) is 0. The summed E-state index contributed by atoms with van der Waals surface area (Å²) in [6.07, 6.45) is 6.62. The van der Waals surface area contributed by atoms with Crippen molar-refractivity contribution in [2.24, 2.45) is 0 Å². The maximum atomic E-state index is 4.70. The molecule has 0 saturated heterocycles. The van der Waals surface area contributed by atoms with E-state index in [-0.39, 0.29) is 0 Å². The van der Waals surface area contributed by atoms with Crippen molar-refractivity contribution < 1.29 is 0 Å². The fourth-order valence-electron chi connectivity index (χ4n) is 2.33. The van der Waals surface area contributed by atoms with Crippen molar-refractivity contribution in [3.05, 3.63) is 15.9 Å². The van der Waals surface area contributed by atoms with Gasteiger partial charge in [0.2, 0.25) is 0 Å². The van der Waals surface area contributed by atoms with Gasteiger partial charge >= 0.3 is 0 Å². The van der Waals surface area contributed by atoms with Crippen molar-refractivity contribution in [1.82, 2.24) is 15.1 Å². The third-order valence-corrected chi connectivity index (χ3v) is 5.05. The van der Waals surface area contributed by atoms with Crippen LogP contribution in [0.25, 0.3) is 0 Å². The molecule has 1 N–H and O–H groups in total. The molecule has 1 unspecified atom stereocenters. The lowest BCUT2D eigenvalue weighted by Crippen LogP contribution is -2.33. The molecule has 5 heteroatoms. The SMILES string of the molecule is CCCNC(CCSC)Cc1c(Br)c(CC)nn1CC. The Bertz CT molecular complexity index is 385. The first-order valence-corrected chi connectivity index (χ1v) is 9.82. The van der Waals surface area contributed by atoms with Crippen LogP contribution >= 0.6 is 27.7 Å². The zero-order valence-electron chi connectivity index (χ0n) is 13.2. The Morgan fingerprint density at radius 1 is 1.35 bits per heavy atom. The molecule has 20 heavy (non-hydrogen) atoms. The first-order chi connectivity index (χ1) is 9.67. The highest BCUT2D eigenvalue weighted by Gasteiger charge is 2.18. The Morgan fingerprint density at radius 3 is 2.65 bits per heavy atom. The van der Waals surface area contributed by atoms with E-state index < -0.39 is 0 Å². The van der Waals surface area contributed by atoms with Crippen LogP contribution in [0, 0.1) is 0 Å². The highest BCUT2D eigenvalue weighted by atomic mass is 79.9. The molecule has 0 spiro atoms. The van der Waals surface area contributed by atoms with E-state index in [0.717, 1.165) is 25.9 Å². The molecule has 0 bridgehead atoms. The molecule has 0 aliphatic rings. The Hall–Kier alpha value is 0. The smallest absolute Gasteiger partial charge is 0.0766 e. The summed E-state index contributed by atoms with van der Waals surface area (Å²) in [6, 6.07) is 0.547. The largest absolute Gasteiger partial charge is 0.314 e. The van der Waals surface area contributed by atoms with Gasteiger partial charge in [-0.05, 0) is 60.7 Å². The first kappa shape index (κ1) is 18.1. The monoisotopic (exact) mass is 361 g/mol. The number of hydrogen-bond acceptors (Lipinski definition) is 3. The average molecular weight is 362 g/mol. The molecule has 0 saturated carbocycles. The molecular formula is C15H28BrN3S. The van der Waals surface area contributed by atoms with Gasteiger partial charge in [0.25, 0.3) is 0 Å². The molecule has 0 aliphatic carbocycles. The fraction of sp³-hybridized carbons (Fsp3) is 0.800. The van der Waals surface area contributed by atoms with Crippen molar-refractivity contribution in [3.8, 4) is 0 Å². The van der Waals surface area contributed by atoms with Crippen LogP contribution in [0.2, 0.25) is 0 Å². The second-order valence-electron chi connectivity index (χ2n) is 5.01. The summed E-state index contributed by atoms with van der Waals surface area (Å²) in [5.41, 5.74) is 2.53. The lowest BCUT2D eigenvalue weighted by molar-refractivity contribution is 0.476. The van der Waals surface area contributed by atoms with Gasteiger partial charge in [-0.2, -0.15) is 16.9 Å². The zero-order valence-corrected chi connectivity index (χ0v) is 15.6. The van der Waals surface area contributed by atoms with Crippen LogP contribution in [0.1, 0.15) is 45.0 Å². The van der Waals surface area contributed by atoms with Gasteiger partial charge in [-0.3, -0.25) is 4.68 Å². The number of nitrogens with one attached hydrogen (secondary N) is 1. The van der Waals surface area contributed by atoms with E-state index in [1.165, 1.54) is 34.5 Å². The summed E-state index contributed by atoms with van der Waals surface area (Å²) in [5.74, 6) is 1.21. The molecule has 0 aliphatic heterocycles. The predicted octanol–water partition coefficient (Wildman–Crippen LogP) is 3.89. The number of hydrogen-bond donors (Lipinski definition) is 1. The van der Waals surface area contributed by atoms with E-state index in [4.69, 9.17) is 5.10 Å². The number of rotatable bonds is 10. The maximum absolute atomic E-state index is 4.70. The number of aromatic nitrogens is 2. The minimum atomic E-state index is 0.547. The van der Waals surface area contributed by atoms with Crippen LogP contribution < -0.4 is 5.32 Å². The average Bonchev–Trinajstić information content (AvgIpc) is 2.77. The predicted molar refractivity (Wildman–Crippen MR) is 93.8 cm³/mol. The van der Waals surface area contributed by atoms with Crippen molar-refractivity contribution in [2.45, 2.75) is 59.0 Å². The van der Waals surface area contributed by atoms with Gasteiger partial charge < -0.3 is 5.32 Å². The van der Waals surface area contributed by atoms with Crippen LogP contribution in [0.4, 0.5) is 0 Å². The molecule has 1 aromatic heterocycles. The fourth-order valence-corrected chi connectivity index (χ4v) is 3.58. The summed E-state index contributed by atoms with van der Waals surface area (Å²) in [5, 5.41) is 8.38. The van der Waals surface area contributed by atoms with Gasteiger partial charge in [0.1, 0.15) is 0 Å². The van der Waals surface area contributed by atoms with Crippen LogP contribution in [0.5, 0.6) is 0 Å². The highest BCUT2D eigenvalue weighted by Crippen LogP contribution is 2.24. The second kappa shape index (κ2) is 9.85. The van der Waals surface area contributed by atoms with Crippen LogP contribution in [0.15, 0.2) is 4.47 Å². The van der Waals surface area contributed by atoms with E-state index in [9.17, 15) is 0 Å². The summed E-state index contributed by atoms with van der Waals surface area (Å²) < 4.78 is 3.37. The number of thioether (sulfide) groups is 1. The lowest BCUT2D eigenvalue weighted by atomic mass is 10.1. The van der Waals surface area contributed by atoms with Gasteiger partial charge in [-0.25, -0.2) is 0 Å². The number of halogens is 1. The number of nitrogens with zero attached hydrogens (tertiary/aromatic N) is 2. The van der Waals surface area contributed by atoms with Crippen LogP contribution in [-0.4, -0.2) is 34.4 Å². The third-order valence-electron chi connectivity index (χ3n) is 3.49. The number of aryl methyl sites for hydroxylation is 2. The van der Waals surface area contributed by atoms with Gasteiger partial charge in [-0.1, -0.05) is 13.8 Å². The van der Waals surface area contributed by atoms with Gasteiger partial charge in [-0.15, -0.1) is 0 Å². The molecule has 0 aromatic carbocycles. The van der Waals surface area contributed by atoms with Crippen molar-refractivity contribution in [1.29, 1.82) is 0 Å². The van der Waals surface area contributed by atoms with Crippen molar-refractivity contribution in [2.75, 3.05) is 18.6 Å². The Kier molecular flexibility index (Phi) is 8.89. The molecule has 0 amide bonds. The van der Waals surface area contributed by atoms with E-state index in [0.29, 0.717) is 6.04 Å². The molecule has 3 nitrogen and oxygen atoms in total. The molecule has 1 atom stereocenters. The summed E-state index contributed by atoms with van der Waals surface area (Å²) in [6.45, 7) is 8.59. The minimum absolute atomic E-state index is 0.547. The summed E-state index contributed by atoms with van der Waals surface area (Å²) >= 11 is 5.68. The molecule has 0 fully saturated rings. The maximum Gasteiger partial charge on any atom is 0.0766 e. The first-order valence-electron chi connectivity index (χ1n) is 7.64. The molecular weight excluding hydrogens is 334 g/mol. The van der Waals surface area contributed by atoms with E-state index in [1.807, 2.05) is 11.8 Å². The summed E-state index contributed by atoms with van der Waals surface area (Å²) in [7, 11) is 0. The second-order valence-corrected chi connectivity index (χ2v) is 6.79. The normalized spacial score (nSPS) is 12.8.